The Hall–Kier alpha value is -3.17. The summed E-state index contributed by atoms with van der Waals surface area (Å²) in [6.45, 7) is 11.0. The van der Waals surface area contributed by atoms with Gasteiger partial charge < -0.3 is 23.8 Å². The number of hydrogen-bond acceptors (Lipinski definition) is 5. The molecule has 3 rings (SSSR count). The zero-order valence-corrected chi connectivity index (χ0v) is 16.9. The lowest BCUT2D eigenvalue weighted by Crippen LogP contribution is -2.32. The minimum Gasteiger partial charge on any atom is -0.497 e. The molecule has 0 spiro atoms. The molecule has 1 aliphatic rings. The van der Waals surface area contributed by atoms with Crippen LogP contribution in [0.5, 0.6) is 17.2 Å². The Morgan fingerprint density at radius 2 is 1.76 bits per heavy atom. The maximum atomic E-state index is 7.49. The molecule has 1 aliphatic heterocycles. The summed E-state index contributed by atoms with van der Waals surface area (Å²) in [5.74, 6) is 2.15. The van der Waals surface area contributed by atoms with E-state index >= 15 is 0 Å². The summed E-state index contributed by atoms with van der Waals surface area (Å²) >= 11 is 0. The van der Waals surface area contributed by atoms with Gasteiger partial charge in [-0.15, -0.1) is 0 Å². The van der Waals surface area contributed by atoms with Crippen LogP contribution in [-0.2, 0) is 17.8 Å². The first-order valence-electron chi connectivity index (χ1n) is 9.54. The highest BCUT2D eigenvalue weighted by Crippen LogP contribution is 2.30. The van der Waals surface area contributed by atoms with Crippen LogP contribution in [0.3, 0.4) is 0 Å². The van der Waals surface area contributed by atoms with E-state index in [0.29, 0.717) is 43.4 Å². The van der Waals surface area contributed by atoms with Crippen molar-refractivity contribution in [3.05, 3.63) is 76.9 Å². The average Bonchev–Trinajstić information content (AvgIpc) is 2.78. The highest BCUT2D eigenvalue weighted by molar-refractivity contribution is 5.44. The van der Waals surface area contributed by atoms with Gasteiger partial charge >= 0.3 is 0 Å². The van der Waals surface area contributed by atoms with Crippen molar-refractivity contribution < 1.29 is 18.9 Å². The van der Waals surface area contributed by atoms with Crippen LogP contribution in [0, 0.1) is 6.57 Å². The molecule has 152 valence electrons. The van der Waals surface area contributed by atoms with Gasteiger partial charge in [-0.2, -0.15) is 0 Å². The van der Waals surface area contributed by atoms with Crippen LogP contribution >= 0.6 is 0 Å². The van der Waals surface area contributed by atoms with Crippen LogP contribution in [-0.4, -0.2) is 45.4 Å². The second-order valence-electron chi connectivity index (χ2n) is 6.68. The molecule has 2 aromatic rings. The maximum absolute atomic E-state index is 7.49. The van der Waals surface area contributed by atoms with Crippen LogP contribution in [0.15, 0.2) is 54.4 Å². The smallest absolute Gasteiger partial charge is 0.185 e. The Balaban J connectivity index is 1.65. The van der Waals surface area contributed by atoms with E-state index in [4.69, 9.17) is 25.5 Å². The molecule has 0 N–H and O–H groups in total. The SMILES string of the molecule is [C-]#[N+]C(=CN1CCOCC1)Cc1ccc(OCc2ccc(OC)cc2)c(OC)c1. The highest BCUT2D eigenvalue weighted by atomic mass is 16.5. The second-order valence-corrected chi connectivity index (χ2v) is 6.68. The van der Waals surface area contributed by atoms with Gasteiger partial charge in [-0.3, -0.25) is 0 Å². The van der Waals surface area contributed by atoms with Gasteiger partial charge in [-0.1, -0.05) is 18.2 Å². The Bertz CT molecular complexity index is 865. The van der Waals surface area contributed by atoms with Crippen molar-refractivity contribution in [1.82, 2.24) is 4.90 Å². The fraction of sp³-hybridized carbons (Fsp3) is 0.348. The number of rotatable bonds is 8. The predicted octanol–water partition coefficient (Wildman–Crippen LogP) is 3.92. The van der Waals surface area contributed by atoms with Gasteiger partial charge in [0.1, 0.15) is 12.4 Å². The second kappa shape index (κ2) is 10.4. The molecule has 0 unspecified atom stereocenters. The monoisotopic (exact) mass is 394 g/mol. The zero-order chi connectivity index (χ0) is 20.5. The van der Waals surface area contributed by atoms with E-state index in [1.165, 1.54) is 0 Å². The molecule has 0 aliphatic carbocycles. The number of ether oxygens (including phenoxy) is 4. The summed E-state index contributed by atoms with van der Waals surface area (Å²) in [5, 5.41) is 0. The van der Waals surface area contributed by atoms with Gasteiger partial charge in [0.2, 0.25) is 0 Å². The third-order valence-corrected chi connectivity index (χ3v) is 4.69. The van der Waals surface area contributed by atoms with Gasteiger partial charge in [-0.25, -0.2) is 4.85 Å². The van der Waals surface area contributed by atoms with Crippen molar-refractivity contribution >= 4 is 0 Å². The summed E-state index contributed by atoms with van der Waals surface area (Å²) in [7, 11) is 3.27. The lowest BCUT2D eigenvalue weighted by atomic mass is 10.1. The van der Waals surface area contributed by atoms with Gasteiger partial charge in [0.25, 0.3) is 0 Å². The summed E-state index contributed by atoms with van der Waals surface area (Å²) < 4.78 is 22.0. The fourth-order valence-corrected chi connectivity index (χ4v) is 3.06. The molecule has 1 saturated heterocycles. The fourth-order valence-electron chi connectivity index (χ4n) is 3.06. The van der Waals surface area contributed by atoms with Crippen molar-refractivity contribution in [3.8, 4) is 17.2 Å². The Labute approximate surface area is 172 Å². The molecule has 0 bridgehead atoms. The molecular formula is C23H26N2O4. The standard InChI is InChI=1S/C23H26N2O4/c1-24-20(16-25-10-12-28-13-11-25)14-19-6-9-22(23(15-19)27-3)29-17-18-4-7-21(26-2)8-5-18/h4-9,15-16H,10-14,17H2,2-3H3. The molecular weight excluding hydrogens is 368 g/mol. The third kappa shape index (κ3) is 5.90. The quantitative estimate of drug-likeness (QED) is 0.635. The van der Waals surface area contributed by atoms with Gasteiger partial charge in [0, 0.05) is 25.7 Å². The molecule has 0 aromatic heterocycles. The van der Waals surface area contributed by atoms with Crippen molar-refractivity contribution in [2.24, 2.45) is 0 Å². The van der Waals surface area contributed by atoms with Crippen molar-refractivity contribution in [1.29, 1.82) is 0 Å². The number of benzene rings is 2. The maximum Gasteiger partial charge on any atom is 0.185 e. The third-order valence-electron chi connectivity index (χ3n) is 4.69. The van der Waals surface area contributed by atoms with E-state index in [1.54, 1.807) is 14.2 Å². The van der Waals surface area contributed by atoms with Crippen LogP contribution in [0.2, 0.25) is 0 Å². The Kier molecular flexibility index (Phi) is 7.37. The van der Waals surface area contributed by atoms with Gasteiger partial charge in [-0.05, 0) is 35.4 Å². The lowest BCUT2D eigenvalue weighted by molar-refractivity contribution is 0.0591. The Morgan fingerprint density at radius 1 is 1.03 bits per heavy atom. The molecule has 6 heteroatoms. The number of morpholine rings is 1. The first-order chi connectivity index (χ1) is 14.2. The van der Waals surface area contributed by atoms with Crippen LogP contribution in [0.4, 0.5) is 0 Å². The van der Waals surface area contributed by atoms with E-state index in [-0.39, 0.29) is 0 Å². The molecule has 2 aromatic carbocycles. The normalized spacial score (nSPS) is 14.2. The lowest BCUT2D eigenvalue weighted by Gasteiger charge is -2.25. The van der Waals surface area contributed by atoms with E-state index in [0.717, 1.165) is 30.0 Å². The number of nitrogens with zero attached hydrogens (tertiary/aromatic N) is 2. The van der Waals surface area contributed by atoms with E-state index in [9.17, 15) is 0 Å². The summed E-state index contributed by atoms with van der Waals surface area (Å²) in [6, 6.07) is 13.6. The van der Waals surface area contributed by atoms with Crippen LogP contribution in [0.1, 0.15) is 11.1 Å². The average molecular weight is 394 g/mol. The van der Waals surface area contributed by atoms with Crippen molar-refractivity contribution in [2.75, 3.05) is 40.5 Å². The minimum absolute atomic E-state index is 0.434. The first-order valence-corrected chi connectivity index (χ1v) is 9.54. The molecule has 1 heterocycles. The molecule has 0 radical (unpaired) electrons. The van der Waals surface area contributed by atoms with E-state index in [2.05, 4.69) is 9.74 Å². The largest absolute Gasteiger partial charge is 0.497 e. The molecule has 1 fully saturated rings. The summed E-state index contributed by atoms with van der Waals surface area (Å²) in [4.78, 5) is 5.83. The molecule has 29 heavy (non-hydrogen) atoms. The predicted molar refractivity (Wildman–Crippen MR) is 111 cm³/mol. The molecule has 6 nitrogen and oxygen atoms in total. The molecule has 0 atom stereocenters. The Morgan fingerprint density at radius 3 is 2.41 bits per heavy atom. The van der Waals surface area contributed by atoms with Crippen LogP contribution < -0.4 is 14.2 Å². The van der Waals surface area contributed by atoms with E-state index in [1.807, 2.05) is 48.7 Å². The van der Waals surface area contributed by atoms with Crippen molar-refractivity contribution in [2.45, 2.75) is 13.0 Å². The van der Waals surface area contributed by atoms with Gasteiger partial charge in [0.05, 0.1) is 34.0 Å². The first kappa shape index (κ1) is 20.6. The number of methoxy groups -OCH3 is 2. The zero-order valence-electron chi connectivity index (χ0n) is 16.9. The number of allylic oxidation sites excluding steroid dienone is 1. The highest BCUT2D eigenvalue weighted by Gasteiger charge is 2.11. The summed E-state index contributed by atoms with van der Waals surface area (Å²) in [5.41, 5.74) is 2.75. The number of hydrogen-bond donors (Lipinski definition) is 0. The van der Waals surface area contributed by atoms with Crippen LogP contribution in [0.25, 0.3) is 4.85 Å². The molecule has 0 amide bonds. The van der Waals surface area contributed by atoms with Crippen molar-refractivity contribution in [3.63, 3.8) is 0 Å². The van der Waals surface area contributed by atoms with Gasteiger partial charge in [0.15, 0.2) is 17.2 Å². The topological polar surface area (TPSA) is 44.5 Å². The van der Waals surface area contributed by atoms with E-state index < -0.39 is 0 Å². The minimum atomic E-state index is 0.434. The molecule has 0 saturated carbocycles. The summed E-state index contributed by atoms with van der Waals surface area (Å²) in [6.07, 6.45) is 2.49.